The lowest BCUT2D eigenvalue weighted by Gasteiger charge is -2.28. The Hall–Kier alpha value is -2.60. The number of nitrogens with zero attached hydrogens (tertiary/aromatic N) is 2. The average Bonchev–Trinajstić information content (AvgIpc) is 3.26. The van der Waals surface area contributed by atoms with E-state index in [0.717, 1.165) is 42.3 Å². The van der Waals surface area contributed by atoms with Crippen LogP contribution in [0.15, 0.2) is 36.5 Å². The lowest BCUT2D eigenvalue weighted by molar-refractivity contribution is -0.111. The highest BCUT2D eigenvalue weighted by molar-refractivity contribution is 6.12. The molecule has 0 radical (unpaired) electrons. The van der Waals surface area contributed by atoms with E-state index in [9.17, 15) is 0 Å². The molecule has 130 valence electrons. The second kappa shape index (κ2) is 6.37. The van der Waals surface area contributed by atoms with Gasteiger partial charge in [-0.3, -0.25) is 5.41 Å². The summed E-state index contributed by atoms with van der Waals surface area (Å²) in [7, 11) is 0. The number of morpholine rings is 1. The molecule has 25 heavy (non-hydrogen) atoms. The first-order valence-corrected chi connectivity index (χ1v) is 8.65. The topological polar surface area (TPSA) is 86.2 Å². The maximum atomic E-state index is 6.44. The molecular formula is C19H23N4O2+. The molecule has 3 heterocycles. The lowest BCUT2D eigenvalue weighted by atomic mass is 10.0. The van der Waals surface area contributed by atoms with Crippen LogP contribution in [0, 0.1) is 0 Å². The molecule has 6 nitrogen and oxygen atoms in total. The fourth-order valence-electron chi connectivity index (χ4n) is 3.60. The van der Waals surface area contributed by atoms with Gasteiger partial charge in [0.05, 0.1) is 36.5 Å². The molecule has 0 spiro atoms. The van der Waals surface area contributed by atoms with Crippen LogP contribution < -0.4 is 20.8 Å². The zero-order valence-electron chi connectivity index (χ0n) is 14.3. The minimum Gasteiger partial charge on any atom is -0.494 e. The molecule has 2 aromatic rings. The second-order valence-electron chi connectivity index (χ2n) is 6.50. The van der Waals surface area contributed by atoms with Crippen LogP contribution >= 0.6 is 0 Å². The maximum absolute atomic E-state index is 6.44. The Morgan fingerprint density at radius 1 is 1.40 bits per heavy atom. The lowest BCUT2D eigenvalue weighted by Crippen LogP contribution is -2.42. The van der Waals surface area contributed by atoms with Gasteiger partial charge in [0.25, 0.3) is 0 Å². The van der Waals surface area contributed by atoms with Gasteiger partial charge in [-0.1, -0.05) is 0 Å². The van der Waals surface area contributed by atoms with Gasteiger partial charge in [0.2, 0.25) is 5.71 Å². The zero-order valence-corrected chi connectivity index (χ0v) is 14.3. The number of fused-ring (bicyclic) bond motifs is 2. The minimum atomic E-state index is 0.329. The fourth-order valence-corrected chi connectivity index (χ4v) is 3.60. The average molecular weight is 339 g/mol. The van der Waals surface area contributed by atoms with Crippen LogP contribution in [-0.2, 0) is 4.74 Å². The number of hydrogen-bond donors (Lipinski definition) is 2. The Morgan fingerprint density at radius 3 is 3.00 bits per heavy atom. The predicted octanol–water partition coefficient (Wildman–Crippen LogP) is 0.637. The van der Waals surface area contributed by atoms with Crippen molar-refractivity contribution in [3.63, 3.8) is 0 Å². The predicted molar refractivity (Wildman–Crippen MR) is 96.9 cm³/mol. The summed E-state index contributed by atoms with van der Waals surface area (Å²) >= 11 is 0. The first-order valence-electron chi connectivity index (χ1n) is 8.65. The molecule has 2 atom stereocenters. The third-order valence-electron chi connectivity index (χ3n) is 4.88. The molecule has 1 unspecified atom stereocenters. The van der Waals surface area contributed by atoms with Crippen molar-refractivity contribution in [3.05, 3.63) is 47.7 Å². The molecule has 0 amide bonds. The van der Waals surface area contributed by atoms with Gasteiger partial charge in [-0.25, -0.2) is 4.98 Å². The number of anilines is 2. The SMILES string of the molecule is CCOc1ccc(N)c(C(=[NH2+])c2ccnc(N3CC4C[C@H]3CO4)c2)c1. The highest BCUT2D eigenvalue weighted by atomic mass is 16.5. The number of rotatable bonds is 5. The molecule has 0 saturated carbocycles. The molecule has 2 aliphatic rings. The molecule has 1 aromatic heterocycles. The highest BCUT2D eigenvalue weighted by Gasteiger charge is 2.39. The van der Waals surface area contributed by atoms with Crippen LogP contribution in [0.25, 0.3) is 0 Å². The second-order valence-corrected chi connectivity index (χ2v) is 6.50. The van der Waals surface area contributed by atoms with Crippen LogP contribution in [0.1, 0.15) is 24.5 Å². The van der Waals surface area contributed by atoms with E-state index in [4.69, 9.17) is 20.6 Å². The van der Waals surface area contributed by atoms with Gasteiger partial charge < -0.3 is 20.1 Å². The van der Waals surface area contributed by atoms with E-state index >= 15 is 0 Å². The molecular weight excluding hydrogens is 316 g/mol. The van der Waals surface area contributed by atoms with E-state index < -0.39 is 0 Å². The van der Waals surface area contributed by atoms with Crippen molar-refractivity contribution in [3.8, 4) is 5.75 Å². The summed E-state index contributed by atoms with van der Waals surface area (Å²) in [5, 5.41) is 6.44. The standard InChI is InChI=1S/C19H22N4O2/c1-2-24-14-3-4-17(20)16(9-14)19(21)12-5-6-22-18(7-12)23-10-15-8-13(23)11-25-15/h3-7,9,13,15,21H,2,8,10-11,20H2,1H3/p+1/t13-,15?/m0/s1. The molecule has 6 heteroatoms. The van der Waals surface area contributed by atoms with Gasteiger partial charge in [0, 0.05) is 18.4 Å². The monoisotopic (exact) mass is 339 g/mol. The molecule has 2 fully saturated rings. The minimum absolute atomic E-state index is 0.329. The van der Waals surface area contributed by atoms with Gasteiger partial charge in [-0.05, 0) is 43.7 Å². The van der Waals surface area contributed by atoms with E-state index in [1.807, 2.05) is 37.3 Å². The number of hydrogen-bond acceptors (Lipinski definition) is 5. The van der Waals surface area contributed by atoms with E-state index in [1.54, 1.807) is 6.20 Å². The quantitative estimate of drug-likeness (QED) is 0.617. The van der Waals surface area contributed by atoms with Gasteiger partial charge >= 0.3 is 0 Å². The zero-order chi connectivity index (χ0) is 17.4. The smallest absolute Gasteiger partial charge is 0.213 e. The van der Waals surface area contributed by atoms with Crippen molar-refractivity contribution in [1.82, 2.24) is 4.98 Å². The van der Waals surface area contributed by atoms with Crippen molar-refractivity contribution in [2.24, 2.45) is 0 Å². The molecule has 2 saturated heterocycles. The van der Waals surface area contributed by atoms with Crippen molar-refractivity contribution >= 4 is 17.2 Å². The van der Waals surface area contributed by atoms with Gasteiger partial charge in [-0.2, -0.15) is 0 Å². The summed E-state index contributed by atoms with van der Waals surface area (Å²) in [6.45, 7) is 4.22. The van der Waals surface area contributed by atoms with Crippen molar-refractivity contribution in [2.45, 2.75) is 25.5 Å². The Morgan fingerprint density at radius 2 is 2.28 bits per heavy atom. The number of benzene rings is 1. The molecule has 4 rings (SSSR count). The van der Waals surface area contributed by atoms with Crippen LogP contribution in [0.3, 0.4) is 0 Å². The Balaban J connectivity index is 1.63. The van der Waals surface area contributed by atoms with Crippen LogP contribution in [0.2, 0.25) is 0 Å². The van der Waals surface area contributed by atoms with E-state index in [-0.39, 0.29) is 0 Å². The largest absolute Gasteiger partial charge is 0.494 e. The summed E-state index contributed by atoms with van der Waals surface area (Å²) < 4.78 is 11.2. The van der Waals surface area contributed by atoms with Crippen molar-refractivity contribution < 1.29 is 14.9 Å². The van der Waals surface area contributed by atoms with Crippen molar-refractivity contribution in [1.29, 1.82) is 0 Å². The van der Waals surface area contributed by atoms with Crippen LogP contribution in [-0.4, -0.2) is 42.6 Å². The Kier molecular flexibility index (Phi) is 4.05. The van der Waals surface area contributed by atoms with Gasteiger partial charge in [0.1, 0.15) is 11.6 Å². The third kappa shape index (κ3) is 2.93. The van der Waals surface area contributed by atoms with Crippen LogP contribution in [0.5, 0.6) is 5.75 Å². The van der Waals surface area contributed by atoms with Gasteiger partial charge in [0.15, 0.2) is 0 Å². The van der Waals surface area contributed by atoms with Gasteiger partial charge in [-0.15, -0.1) is 0 Å². The summed E-state index contributed by atoms with van der Waals surface area (Å²) in [5.74, 6) is 1.70. The number of pyridine rings is 1. The number of nitrogens with two attached hydrogens (primary N) is 2. The number of aromatic nitrogens is 1. The Bertz CT molecular complexity index is 808. The summed E-state index contributed by atoms with van der Waals surface area (Å²) in [6.07, 6.45) is 3.21. The third-order valence-corrected chi connectivity index (χ3v) is 4.88. The maximum Gasteiger partial charge on any atom is 0.213 e. The molecule has 0 aliphatic carbocycles. The van der Waals surface area contributed by atoms with E-state index in [2.05, 4.69) is 9.88 Å². The first kappa shape index (κ1) is 15.9. The highest BCUT2D eigenvalue weighted by Crippen LogP contribution is 2.32. The van der Waals surface area contributed by atoms with E-state index in [0.29, 0.717) is 30.2 Å². The molecule has 2 aliphatic heterocycles. The number of ether oxygens (including phenoxy) is 2. The van der Waals surface area contributed by atoms with E-state index in [1.165, 1.54) is 0 Å². The van der Waals surface area contributed by atoms with Crippen molar-refractivity contribution in [2.75, 3.05) is 30.4 Å². The summed E-state index contributed by atoms with van der Waals surface area (Å²) in [6, 6.07) is 9.93. The normalized spacial score (nSPS) is 21.6. The number of nitrogen functional groups attached to an aromatic ring is 1. The summed E-state index contributed by atoms with van der Waals surface area (Å²) in [5.41, 5.74) is 9.09. The fraction of sp³-hybridized carbons (Fsp3) is 0.368. The molecule has 4 N–H and O–H groups in total. The Labute approximate surface area is 147 Å². The molecule has 1 aromatic carbocycles. The summed E-state index contributed by atoms with van der Waals surface area (Å²) in [4.78, 5) is 6.84. The first-order chi connectivity index (χ1) is 12.2. The molecule has 2 bridgehead atoms. The van der Waals surface area contributed by atoms with Crippen LogP contribution in [0.4, 0.5) is 11.5 Å².